The average Bonchev–Trinajstić information content (AvgIpc) is 2.66. The van der Waals surface area contributed by atoms with Gasteiger partial charge in [-0.05, 0) is 59.4 Å². The summed E-state index contributed by atoms with van der Waals surface area (Å²) in [6.45, 7) is 13.4. The van der Waals surface area contributed by atoms with E-state index in [0.29, 0.717) is 12.2 Å². The van der Waals surface area contributed by atoms with Crippen molar-refractivity contribution in [3.63, 3.8) is 0 Å². The molecule has 1 aliphatic rings. The first kappa shape index (κ1) is 23.5. The highest BCUT2D eigenvalue weighted by Gasteiger charge is 2.37. The minimum atomic E-state index is -0.940. The molecule has 3 heteroatoms. The Bertz CT molecular complexity index is 931. The lowest BCUT2D eigenvalue weighted by Crippen LogP contribution is -2.34. The van der Waals surface area contributed by atoms with E-state index in [1.165, 1.54) is 17.2 Å². The zero-order valence-electron chi connectivity index (χ0n) is 19.1. The lowest BCUT2D eigenvalue weighted by Gasteiger charge is -2.42. The van der Waals surface area contributed by atoms with Crippen LogP contribution in [-0.2, 0) is 15.6 Å². The van der Waals surface area contributed by atoms with Crippen molar-refractivity contribution in [3.05, 3.63) is 58.7 Å². The lowest BCUT2D eigenvalue weighted by atomic mass is 9.63. The van der Waals surface area contributed by atoms with Gasteiger partial charge in [0.2, 0.25) is 0 Å². The fourth-order valence-electron chi connectivity index (χ4n) is 3.77. The van der Waals surface area contributed by atoms with Crippen LogP contribution >= 0.6 is 0 Å². The Kier molecular flexibility index (Phi) is 7.73. The number of carboxylic acid groups (broad SMARTS) is 1. The Labute approximate surface area is 181 Å². The molecule has 30 heavy (non-hydrogen) atoms. The molecule has 2 rings (SSSR count). The van der Waals surface area contributed by atoms with E-state index in [0.717, 1.165) is 30.6 Å². The van der Waals surface area contributed by atoms with Gasteiger partial charge in [-0.15, -0.1) is 5.92 Å². The molecular weight excluding hydrogens is 372 g/mol. The Morgan fingerprint density at radius 1 is 1.10 bits per heavy atom. The summed E-state index contributed by atoms with van der Waals surface area (Å²) in [5.74, 6) is 6.01. The molecule has 1 aromatic carbocycles. The van der Waals surface area contributed by atoms with Gasteiger partial charge in [0, 0.05) is 18.1 Å². The monoisotopic (exact) mass is 406 g/mol. The molecule has 0 aromatic heterocycles. The molecule has 0 aliphatic heterocycles. The largest absolute Gasteiger partial charge is 0.480 e. The number of aliphatic carboxylic acids is 1. The molecule has 0 radical (unpaired) electrons. The van der Waals surface area contributed by atoms with E-state index < -0.39 is 5.97 Å². The molecule has 0 unspecified atom stereocenters. The number of hydrogen-bond acceptors (Lipinski definition) is 2. The van der Waals surface area contributed by atoms with E-state index in [1.54, 1.807) is 13.0 Å². The Balaban J connectivity index is 2.44. The smallest absolute Gasteiger partial charge is 0.328 e. The van der Waals surface area contributed by atoms with Gasteiger partial charge in [0.25, 0.3) is 0 Å². The number of rotatable bonds is 6. The highest BCUT2D eigenvalue weighted by atomic mass is 16.5. The molecule has 0 amide bonds. The van der Waals surface area contributed by atoms with Gasteiger partial charge in [-0.2, -0.15) is 0 Å². The van der Waals surface area contributed by atoms with E-state index >= 15 is 0 Å². The minimum absolute atomic E-state index is 0.110. The standard InChI is InChI=1S/C27H34O3/c1-7-8-11-16-30-24-19-23-22(26(3,4)14-15-27(23,5)6)18-21(24)13-10-9-12-20(2)17-25(28)29/h9-10,12-13,17-19H,7,14-16H2,1-6H3,(H,28,29)/b12-9+,13-10+,20-17+. The molecular formula is C27H34O3. The first-order chi connectivity index (χ1) is 14.1. The number of fused-ring (bicyclic) bond motifs is 1. The summed E-state index contributed by atoms with van der Waals surface area (Å²) in [5, 5.41) is 8.82. The summed E-state index contributed by atoms with van der Waals surface area (Å²) in [6.07, 6.45) is 11.9. The van der Waals surface area contributed by atoms with E-state index in [2.05, 4.69) is 51.7 Å². The maximum Gasteiger partial charge on any atom is 0.328 e. The van der Waals surface area contributed by atoms with Crippen LogP contribution in [0.15, 0.2) is 42.0 Å². The Morgan fingerprint density at radius 2 is 1.73 bits per heavy atom. The van der Waals surface area contributed by atoms with E-state index in [-0.39, 0.29) is 10.8 Å². The van der Waals surface area contributed by atoms with Crippen LogP contribution in [0.2, 0.25) is 0 Å². The number of carbonyl (C=O) groups is 1. The van der Waals surface area contributed by atoms with Gasteiger partial charge in [-0.1, -0.05) is 64.8 Å². The number of allylic oxidation sites excluding steroid dienone is 4. The molecule has 0 atom stereocenters. The third kappa shape index (κ3) is 6.13. The second kappa shape index (κ2) is 9.85. The molecule has 0 spiro atoms. The van der Waals surface area contributed by atoms with Crippen LogP contribution in [0.5, 0.6) is 5.75 Å². The quantitative estimate of drug-likeness (QED) is 0.336. The van der Waals surface area contributed by atoms with Gasteiger partial charge in [-0.3, -0.25) is 0 Å². The van der Waals surface area contributed by atoms with E-state index in [9.17, 15) is 4.79 Å². The van der Waals surface area contributed by atoms with Crippen molar-refractivity contribution in [1.29, 1.82) is 0 Å². The molecule has 0 fully saturated rings. The van der Waals surface area contributed by atoms with Gasteiger partial charge in [0.1, 0.15) is 12.4 Å². The van der Waals surface area contributed by atoms with E-state index in [4.69, 9.17) is 9.84 Å². The predicted molar refractivity (Wildman–Crippen MR) is 125 cm³/mol. The Morgan fingerprint density at radius 3 is 2.33 bits per heavy atom. The SMILES string of the molecule is CCC#CCOc1cc2c(cc1/C=C/C=C/C(C)=C/C(=O)O)C(C)(C)CCC2(C)C. The zero-order valence-corrected chi connectivity index (χ0v) is 19.1. The van der Waals surface area contributed by atoms with E-state index in [1.807, 2.05) is 25.2 Å². The van der Waals surface area contributed by atoms with Crippen molar-refractivity contribution in [1.82, 2.24) is 0 Å². The van der Waals surface area contributed by atoms with Crippen molar-refractivity contribution in [2.75, 3.05) is 6.61 Å². The second-order valence-electron chi connectivity index (χ2n) is 9.14. The third-order valence-electron chi connectivity index (χ3n) is 5.68. The van der Waals surface area contributed by atoms with Gasteiger partial charge in [0.15, 0.2) is 0 Å². The first-order valence-electron chi connectivity index (χ1n) is 10.6. The molecule has 1 aromatic rings. The number of benzene rings is 1. The van der Waals surface area contributed by atoms with Gasteiger partial charge in [0.05, 0.1) is 0 Å². The summed E-state index contributed by atoms with van der Waals surface area (Å²) in [7, 11) is 0. The lowest BCUT2D eigenvalue weighted by molar-refractivity contribution is -0.131. The summed E-state index contributed by atoms with van der Waals surface area (Å²) < 4.78 is 6.06. The molecule has 3 nitrogen and oxygen atoms in total. The molecule has 1 N–H and O–H groups in total. The van der Waals surface area contributed by atoms with Gasteiger partial charge >= 0.3 is 5.97 Å². The summed E-state index contributed by atoms with van der Waals surface area (Å²) in [5.41, 5.74) is 4.65. The number of carboxylic acids is 1. The predicted octanol–water partition coefficient (Wildman–Crippen LogP) is 6.43. The van der Waals surface area contributed by atoms with Crippen molar-refractivity contribution in [2.45, 2.75) is 71.6 Å². The molecule has 160 valence electrons. The van der Waals surface area contributed by atoms with Crippen LogP contribution in [0, 0.1) is 11.8 Å². The topological polar surface area (TPSA) is 46.5 Å². The zero-order chi connectivity index (χ0) is 22.4. The molecule has 0 saturated heterocycles. The third-order valence-corrected chi connectivity index (χ3v) is 5.68. The average molecular weight is 407 g/mol. The highest BCUT2D eigenvalue weighted by molar-refractivity contribution is 5.81. The molecule has 0 bridgehead atoms. The second-order valence-corrected chi connectivity index (χ2v) is 9.14. The normalized spacial score (nSPS) is 17.5. The van der Waals surface area contributed by atoms with Crippen LogP contribution in [0.4, 0.5) is 0 Å². The highest BCUT2D eigenvalue weighted by Crippen LogP contribution is 2.47. The van der Waals surface area contributed by atoms with Crippen LogP contribution in [-0.4, -0.2) is 17.7 Å². The van der Waals surface area contributed by atoms with Crippen LogP contribution in [0.3, 0.4) is 0 Å². The van der Waals surface area contributed by atoms with Crippen molar-refractivity contribution in [3.8, 4) is 17.6 Å². The minimum Gasteiger partial charge on any atom is -0.480 e. The Hall–Kier alpha value is -2.73. The summed E-state index contributed by atoms with van der Waals surface area (Å²) in [4.78, 5) is 10.7. The van der Waals surface area contributed by atoms with Gasteiger partial charge < -0.3 is 9.84 Å². The fourth-order valence-corrected chi connectivity index (χ4v) is 3.77. The van der Waals surface area contributed by atoms with Crippen molar-refractivity contribution in [2.24, 2.45) is 0 Å². The summed E-state index contributed by atoms with van der Waals surface area (Å²) >= 11 is 0. The maximum absolute atomic E-state index is 10.7. The van der Waals surface area contributed by atoms with Gasteiger partial charge in [-0.25, -0.2) is 4.79 Å². The van der Waals surface area contributed by atoms with Crippen molar-refractivity contribution >= 4 is 12.0 Å². The number of ether oxygens (including phenoxy) is 1. The van der Waals surface area contributed by atoms with Crippen LogP contribution in [0.25, 0.3) is 6.08 Å². The van der Waals surface area contributed by atoms with Crippen LogP contribution < -0.4 is 4.74 Å². The van der Waals surface area contributed by atoms with Crippen LogP contribution in [0.1, 0.15) is 77.5 Å². The number of hydrogen-bond donors (Lipinski definition) is 1. The molecule has 1 aliphatic carbocycles. The molecule has 0 saturated carbocycles. The van der Waals surface area contributed by atoms with Crippen molar-refractivity contribution < 1.29 is 14.6 Å². The summed E-state index contributed by atoms with van der Waals surface area (Å²) in [6, 6.07) is 4.45. The maximum atomic E-state index is 10.7. The molecule has 0 heterocycles. The fraction of sp³-hybridized carbons (Fsp3) is 0.444. The first-order valence-corrected chi connectivity index (χ1v) is 10.6.